The number of sulfone groups is 1. The molecule has 0 aliphatic heterocycles. The topological polar surface area (TPSA) is 46.2 Å². The highest BCUT2D eigenvalue weighted by molar-refractivity contribution is 7.92. The Kier molecular flexibility index (Phi) is 5.81. The second-order valence-electron chi connectivity index (χ2n) is 5.02. The van der Waals surface area contributed by atoms with Crippen molar-refractivity contribution in [1.29, 1.82) is 0 Å². The summed E-state index contributed by atoms with van der Waals surface area (Å²) in [6.45, 7) is 5.82. The van der Waals surface area contributed by atoms with Crippen molar-refractivity contribution in [3.63, 3.8) is 0 Å². The van der Waals surface area contributed by atoms with Gasteiger partial charge in [0.05, 0.1) is 15.7 Å². The molecule has 0 spiro atoms. The number of halogens is 3. The average molecular weight is 323 g/mol. The summed E-state index contributed by atoms with van der Waals surface area (Å²) >= 11 is 0. The first-order valence-corrected chi connectivity index (χ1v) is 8.30. The van der Waals surface area contributed by atoms with Crippen molar-refractivity contribution in [1.82, 2.24) is 5.32 Å². The summed E-state index contributed by atoms with van der Waals surface area (Å²) in [5.41, 5.74) is -0.954. The van der Waals surface area contributed by atoms with Crippen LogP contribution in [0.2, 0.25) is 0 Å². The molecule has 0 aliphatic carbocycles. The number of hydrogen-bond donors (Lipinski definition) is 1. The van der Waals surface area contributed by atoms with Crippen LogP contribution in [0.1, 0.15) is 32.8 Å². The zero-order chi connectivity index (χ0) is 16.3. The Balaban J connectivity index is 3.08. The van der Waals surface area contributed by atoms with Gasteiger partial charge in [0, 0.05) is 6.04 Å². The van der Waals surface area contributed by atoms with E-state index in [2.05, 4.69) is 5.32 Å². The van der Waals surface area contributed by atoms with Crippen LogP contribution in [-0.4, -0.2) is 26.3 Å². The highest BCUT2D eigenvalue weighted by Gasteiger charge is 2.33. The molecule has 1 aromatic rings. The third kappa shape index (κ3) is 4.44. The molecule has 1 aromatic carbocycles. The maximum atomic E-state index is 12.7. The summed E-state index contributed by atoms with van der Waals surface area (Å²) in [5.74, 6) is 0. The van der Waals surface area contributed by atoms with E-state index in [1.54, 1.807) is 6.92 Å². The summed E-state index contributed by atoms with van der Waals surface area (Å²) in [7, 11) is -3.81. The Morgan fingerprint density at radius 1 is 1.24 bits per heavy atom. The minimum atomic E-state index is -4.55. The molecular formula is C14H20F3NO2S. The quantitative estimate of drug-likeness (QED) is 0.874. The Labute approximate surface area is 123 Å². The van der Waals surface area contributed by atoms with Crippen molar-refractivity contribution in [3.8, 4) is 0 Å². The van der Waals surface area contributed by atoms with Crippen LogP contribution in [0.15, 0.2) is 29.2 Å². The van der Waals surface area contributed by atoms with Gasteiger partial charge in [-0.2, -0.15) is 13.2 Å². The van der Waals surface area contributed by atoms with Crippen LogP contribution in [0.25, 0.3) is 0 Å². The van der Waals surface area contributed by atoms with E-state index in [9.17, 15) is 21.6 Å². The highest BCUT2D eigenvalue weighted by Crippen LogP contribution is 2.31. The smallest absolute Gasteiger partial charge is 0.313 e. The number of nitrogens with one attached hydrogen (secondary N) is 1. The molecule has 0 saturated carbocycles. The fraction of sp³-hybridized carbons (Fsp3) is 0.571. The van der Waals surface area contributed by atoms with Gasteiger partial charge >= 0.3 is 6.18 Å². The van der Waals surface area contributed by atoms with E-state index in [1.165, 1.54) is 13.0 Å². The van der Waals surface area contributed by atoms with E-state index in [1.807, 2.05) is 6.92 Å². The van der Waals surface area contributed by atoms with Gasteiger partial charge in [-0.05, 0) is 45.0 Å². The molecule has 0 radical (unpaired) electrons. The maximum Gasteiger partial charge on any atom is 0.416 e. The van der Waals surface area contributed by atoms with Gasteiger partial charge in [-0.25, -0.2) is 8.42 Å². The van der Waals surface area contributed by atoms with Gasteiger partial charge in [0.25, 0.3) is 0 Å². The summed E-state index contributed by atoms with van der Waals surface area (Å²) in [5, 5.41) is 2.24. The summed E-state index contributed by atoms with van der Waals surface area (Å²) in [6.07, 6.45) is -3.71. The Morgan fingerprint density at radius 3 is 2.38 bits per heavy atom. The van der Waals surface area contributed by atoms with E-state index in [-0.39, 0.29) is 10.9 Å². The number of benzene rings is 1. The van der Waals surface area contributed by atoms with E-state index < -0.39 is 26.8 Å². The zero-order valence-electron chi connectivity index (χ0n) is 12.2. The second kappa shape index (κ2) is 6.79. The predicted octanol–water partition coefficient (Wildman–Crippen LogP) is 3.26. The average Bonchev–Trinajstić information content (AvgIpc) is 2.43. The molecule has 2 unspecified atom stereocenters. The molecular weight excluding hydrogens is 303 g/mol. The van der Waals surface area contributed by atoms with Crippen molar-refractivity contribution in [2.45, 2.75) is 49.6 Å². The van der Waals surface area contributed by atoms with Crippen molar-refractivity contribution >= 4 is 9.84 Å². The summed E-state index contributed by atoms with van der Waals surface area (Å²) < 4.78 is 62.8. The van der Waals surface area contributed by atoms with Crippen LogP contribution in [0.5, 0.6) is 0 Å². The van der Waals surface area contributed by atoms with Gasteiger partial charge in [-0.3, -0.25) is 0 Å². The van der Waals surface area contributed by atoms with Crippen LogP contribution in [-0.2, 0) is 16.0 Å². The molecule has 2 atom stereocenters. The van der Waals surface area contributed by atoms with E-state index in [0.717, 1.165) is 18.6 Å². The van der Waals surface area contributed by atoms with Crippen molar-refractivity contribution in [2.75, 3.05) is 6.54 Å². The van der Waals surface area contributed by atoms with Gasteiger partial charge in [0.1, 0.15) is 0 Å². The highest BCUT2D eigenvalue weighted by atomic mass is 32.2. The van der Waals surface area contributed by atoms with E-state index >= 15 is 0 Å². The first-order chi connectivity index (χ1) is 9.60. The molecule has 0 aromatic heterocycles. The third-order valence-corrected chi connectivity index (χ3v) is 5.70. The monoisotopic (exact) mass is 323 g/mol. The lowest BCUT2D eigenvalue weighted by Gasteiger charge is -2.22. The Morgan fingerprint density at radius 2 is 1.86 bits per heavy atom. The lowest BCUT2D eigenvalue weighted by molar-refractivity contribution is -0.137. The minimum absolute atomic E-state index is 0.296. The van der Waals surface area contributed by atoms with Crippen molar-refractivity contribution < 1.29 is 21.6 Å². The number of alkyl halides is 3. The Hall–Kier alpha value is -1.08. The van der Waals surface area contributed by atoms with Crippen molar-refractivity contribution in [2.24, 2.45) is 0 Å². The lowest BCUT2D eigenvalue weighted by atomic mass is 10.2. The summed E-state index contributed by atoms with van der Waals surface area (Å²) in [4.78, 5) is -0.296. The van der Waals surface area contributed by atoms with Crippen LogP contribution in [0.4, 0.5) is 13.2 Å². The Bertz CT molecular complexity index is 570. The van der Waals surface area contributed by atoms with E-state index in [4.69, 9.17) is 0 Å². The summed E-state index contributed by atoms with van der Waals surface area (Å²) in [6, 6.07) is 3.53. The molecule has 21 heavy (non-hydrogen) atoms. The largest absolute Gasteiger partial charge is 0.416 e. The van der Waals surface area contributed by atoms with Gasteiger partial charge in [-0.15, -0.1) is 0 Å². The van der Waals surface area contributed by atoms with Crippen LogP contribution in [0, 0.1) is 0 Å². The normalized spacial score (nSPS) is 15.7. The molecule has 0 bridgehead atoms. The first kappa shape index (κ1) is 18.0. The molecule has 1 rings (SSSR count). The van der Waals surface area contributed by atoms with Crippen LogP contribution < -0.4 is 5.32 Å². The third-order valence-electron chi connectivity index (χ3n) is 3.40. The van der Waals surface area contributed by atoms with E-state index in [0.29, 0.717) is 12.6 Å². The fourth-order valence-electron chi connectivity index (χ4n) is 1.87. The van der Waals surface area contributed by atoms with Gasteiger partial charge in [0.2, 0.25) is 0 Å². The maximum absolute atomic E-state index is 12.7. The molecule has 0 saturated heterocycles. The number of hydrogen-bond acceptors (Lipinski definition) is 3. The lowest BCUT2D eigenvalue weighted by Crippen LogP contribution is -2.40. The van der Waals surface area contributed by atoms with Gasteiger partial charge in [-0.1, -0.05) is 13.0 Å². The molecule has 0 heterocycles. The fourth-order valence-corrected chi connectivity index (χ4v) is 3.49. The minimum Gasteiger partial charge on any atom is -0.313 e. The van der Waals surface area contributed by atoms with Crippen LogP contribution >= 0.6 is 0 Å². The molecule has 1 N–H and O–H groups in total. The molecule has 3 nitrogen and oxygen atoms in total. The zero-order valence-corrected chi connectivity index (χ0v) is 13.1. The molecule has 0 aliphatic rings. The van der Waals surface area contributed by atoms with Crippen LogP contribution in [0.3, 0.4) is 0 Å². The molecule has 0 amide bonds. The van der Waals surface area contributed by atoms with Gasteiger partial charge in [0.15, 0.2) is 9.84 Å². The molecule has 7 heteroatoms. The standard InChI is InChI=1S/C14H20F3NO2S/c1-4-8-18-10(2)11(3)21(19,20)13-7-5-6-12(9-13)14(15,16)17/h5-7,9-11,18H,4,8H2,1-3H3. The first-order valence-electron chi connectivity index (χ1n) is 6.75. The second-order valence-corrected chi connectivity index (χ2v) is 7.32. The van der Waals surface area contributed by atoms with Gasteiger partial charge < -0.3 is 5.32 Å². The number of rotatable bonds is 6. The predicted molar refractivity (Wildman–Crippen MR) is 75.8 cm³/mol. The SMILES string of the molecule is CCCNC(C)C(C)S(=O)(=O)c1cccc(C(F)(F)F)c1. The molecule has 0 fully saturated rings. The van der Waals surface area contributed by atoms with Crippen molar-refractivity contribution in [3.05, 3.63) is 29.8 Å². The molecule has 120 valence electrons.